The molecule has 0 unspecified atom stereocenters. The number of pyridine rings is 2. The molecule has 0 aliphatic carbocycles. The van der Waals surface area contributed by atoms with E-state index in [0.29, 0.717) is 16.8 Å². The molecule has 3 aromatic heterocycles. The fraction of sp³-hybridized carbons (Fsp3) is 0.115. The molecule has 4 nitrogen and oxygen atoms in total. The van der Waals surface area contributed by atoms with Crippen LogP contribution < -0.4 is 0 Å². The monoisotopic (exact) mass is 444 g/mol. The molecule has 0 saturated carbocycles. The first-order valence-electron chi connectivity index (χ1n) is 10.4. The highest BCUT2D eigenvalue weighted by molar-refractivity contribution is 5.96. The van der Waals surface area contributed by atoms with Crippen molar-refractivity contribution in [1.82, 2.24) is 19.7 Å². The van der Waals surface area contributed by atoms with E-state index in [-0.39, 0.29) is 22.4 Å². The molecule has 0 saturated heterocycles. The highest BCUT2D eigenvalue weighted by Gasteiger charge is 2.36. The SMILES string of the molecule is Cc1ccc(-c2nn(-c3ccc(C)cc3)c3nc(-c4cccnc4)cc(C(F)(F)F)c23)cc1. The number of nitrogens with zero attached hydrogens (tertiary/aromatic N) is 4. The van der Waals surface area contributed by atoms with E-state index in [1.807, 2.05) is 50.2 Å². The Kier molecular flexibility index (Phi) is 4.96. The molecule has 5 aromatic rings. The maximum atomic E-state index is 14.4. The Morgan fingerprint density at radius 3 is 2.09 bits per heavy atom. The fourth-order valence-electron chi connectivity index (χ4n) is 3.78. The largest absolute Gasteiger partial charge is 0.417 e. The van der Waals surface area contributed by atoms with Crippen molar-refractivity contribution in [1.29, 1.82) is 0 Å². The lowest BCUT2D eigenvalue weighted by Crippen LogP contribution is -2.08. The lowest BCUT2D eigenvalue weighted by molar-refractivity contribution is -0.136. The lowest BCUT2D eigenvalue weighted by Gasteiger charge is -2.12. The van der Waals surface area contributed by atoms with Crippen molar-refractivity contribution in [3.05, 3.63) is 95.8 Å². The number of aryl methyl sites for hydroxylation is 2. The number of hydrogen-bond acceptors (Lipinski definition) is 3. The molecule has 0 N–H and O–H groups in total. The van der Waals surface area contributed by atoms with Gasteiger partial charge in [0.05, 0.1) is 22.3 Å². The highest BCUT2D eigenvalue weighted by Crippen LogP contribution is 2.41. The first kappa shape index (κ1) is 20.9. The van der Waals surface area contributed by atoms with Crippen LogP contribution in [0.3, 0.4) is 0 Å². The fourth-order valence-corrected chi connectivity index (χ4v) is 3.78. The smallest absolute Gasteiger partial charge is 0.264 e. The zero-order valence-electron chi connectivity index (χ0n) is 17.9. The standard InChI is InChI=1S/C26H19F3N4/c1-16-5-9-18(10-6-16)24-23-21(26(27,28)29)14-22(19-4-3-13-30-15-19)31-25(23)33(32-24)20-11-7-17(2)8-12-20/h3-15H,1-2H3. The minimum absolute atomic E-state index is 0.0282. The molecule has 164 valence electrons. The van der Waals surface area contributed by atoms with Crippen LogP contribution in [0.1, 0.15) is 16.7 Å². The molecule has 0 bridgehead atoms. The van der Waals surface area contributed by atoms with Crippen LogP contribution in [0.5, 0.6) is 0 Å². The van der Waals surface area contributed by atoms with E-state index < -0.39 is 11.7 Å². The van der Waals surface area contributed by atoms with Crippen molar-refractivity contribution in [2.24, 2.45) is 0 Å². The molecule has 3 heterocycles. The molecule has 7 heteroatoms. The molecule has 0 amide bonds. The van der Waals surface area contributed by atoms with Gasteiger partial charge in [-0.25, -0.2) is 9.67 Å². The number of benzene rings is 2. The summed E-state index contributed by atoms with van der Waals surface area (Å²) in [6, 6.07) is 19.2. The summed E-state index contributed by atoms with van der Waals surface area (Å²) in [5, 5.41) is 4.61. The molecule has 2 aromatic carbocycles. The van der Waals surface area contributed by atoms with Crippen molar-refractivity contribution >= 4 is 11.0 Å². The third-order valence-corrected chi connectivity index (χ3v) is 5.50. The first-order chi connectivity index (χ1) is 15.8. The summed E-state index contributed by atoms with van der Waals surface area (Å²) >= 11 is 0. The summed E-state index contributed by atoms with van der Waals surface area (Å²) in [6.07, 6.45) is -1.53. The summed E-state index contributed by atoms with van der Waals surface area (Å²) in [4.78, 5) is 8.68. The van der Waals surface area contributed by atoms with Crippen LogP contribution in [0.25, 0.3) is 39.2 Å². The van der Waals surface area contributed by atoms with Gasteiger partial charge in [-0.15, -0.1) is 0 Å². The summed E-state index contributed by atoms with van der Waals surface area (Å²) in [5.41, 5.74) is 3.56. The van der Waals surface area contributed by atoms with E-state index in [1.54, 1.807) is 30.5 Å². The van der Waals surface area contributed by atoms with Gasteiger partial charge in [0.1, 0.15) is 5.69 Å². The summed E-state index contributed by atoms with van der Waals surface area (Å²) in [5.74, 6) is 0. The molecule has 5 rings (SSSR count). The second kappa shape index (κ2) is 7.85. The second-order valence-electron chi connectivity index (χ2n) is 7.96. The number of alkyl halides is 3. The van der Waals surface area contributed by atoms with Crippen molar-refractivity contribution in [3.8, 4) is 28.2 Å². The molecular weight excluding hydrogens is 425 g/mol. The quantitative estimate of drug-likeness (QED) is 0.308. The van der Waals surface area contributed by atoms with E-state index >= 15 is 0 Å². The molecular formula is C26H19F3N4. The molecule has 0 aliphatic rings. The Hall–Kier alpha value is -4.00. The van der Waals surface area contributed by atoms with E-state index in [2.05, 4.69) is 15.1 Å². The van der Waals surface area contributed by atoms with Gasteiger partial charge in [0, 0.05) is 23.5 Å². The van der Waals surface area contributed by atoms with Gasteiger partial charge in [0.2, 0.25) is 0 Å². The Morgan fingerprint density at radius 2 is 1.48 bits per heavy atom. The second-order valence-corrected chi connectivity index (χ2v) is 7.96. The van der Waals surface area contributed by atoms with Crippen molar-refractivity contribution in [2.75, 3.05) is 0 Å². The molecule has 0 aliphatic heterocycles. The van der Waals surface area contributed by atoms with E-state index in [9.17, 15) is 13.2 Å². The summed E-state index contributed by atoms with van der Waals surface area (Å²) in [7, 11) is 0. The molecule has 0 spiro atoms. The van der Waals surface area contributed by atoms with Crippen LogP contribution >= 0.6 is 0 Å². The Labute approximate surface area is 188 Å². The van der Waals surface area contributed by atoms with Crippen molar-refractivity contribution in [2.45, 2.75) is 20.0 Å². The third kappa shape index (κ3) is 3.86. The maximum absolute atomic E-state index is 14.4. The average molecular weight is 444 g/mol. The third-order valence-electron chi connectivity index (χ3n) is 5.50. The Balaban J connectivity index is 1.89. The van der Waals surface area contributed by atoms with Crippen LogP contribution in [-0.2, 0) is 6.18 Å². The van der Waals surface area contributed by atoms with Gasteiger partial charge >= 0.3 is 6.18 Å². The Morgan fingerprint density at radius 1 is 0.818 bits per heavy atom. The van der Waals surface area contributed by atoms with Gasteiger partial charge in [-0.3, -0.25) is 4.98 Å². The van der Waals surface area contributed by atoms with Gasteiger partial charge in [0.25, 0.3) is 0 Å². The normalized spacial score (nSPS) is 11.8. The van der Waals surface area contributed by atoms with Crippen LogP contribution in [0, 0.1) is 13.8 Å². The highest BCUT2D eigenvalue weighted by atomic mass is 19.4. The van der Waals surface area contributed by atoms with Gasteiger partial charge in [0.15, 0.2) is 5.65 Å². The lowest BCUT2D eigenvalue weighted by atomic mass is 10.0. The van der Waals surface area contributed by atoms with Crippen LogP contribution in [0.15, 0.2) is 79.1 Å². The van der Waals surface area contributed by atoms with E-state index in [1.165, 1.54) is 10.9 Å². The van der Waals surface area contributed by atoms with Gasteiger partial charge in [-0.1, -0.05) is 47.5 Å². The average Bonchev–Trinajstić information content (AvgIpc) is 3.19. The predicted octanol–water partition coefficient (Wildman–Crippen LogP) is 6.79. The van der Waals surface area contributed by atoms with Gasteiger partial charge in [-0.05, 0) is 44.2 Å². The summed E-state index contributed by atoms with van der Waals surface area (Å²) in [6.45, 7) is 3.87. The van der Waals surface area contributed by atoms with E-state index in [0.717, 1.165) is 17.2 Å². The zero-order valence-corrected chi connectivity index (χ0v) is 17.9. The van der Waals surface area contributed by atoms with E-state index in [4.69, 9.17) is 0 Å². The number of halogens is 3. The summed E-state index contributed by atoms with van der Waals surface area (Å²) < 4.78 is 44.6. The Bertz CT molecular complexity index is 1440. The number of aromatic nitrogens is 4. The number of fused-ring (bicyclic) bond motifs is 1. The maximum Gasteiger partial charge on any atom is 0.417 e. The minimum atomic E-state index is -4.60. The van der Waals surface area contributed by atoms with Crippen molar-refractivity contribution in [3.63, 3.8) is 0 Å². The zero-order chi connectivity index (χ0) is 23.2. The van der Waals surface area contributed by atoms with Gasteiger partial charge in [-0.2, -0.15) is 18.3 Å². The topological polar surface area (TPSA) is 43.6 Å². The molecule has 0 radical (unpaired) electrons. The van der Waals surface area contributed by atoms with Gasteiger partial charge < -0.3 is 0 Å². The first-order valence-corrected chi connectivity index (χ1v) is 10.4. The van der Waals surface area contributed by atoms with Crippen LogP contribution in [-0.4, -0.2) is 19.7 Å². The van der Waals surface area contributed by atoms with Crippen molar-refractivity contribution < 1.29 is 13.2 Å². The van der Waals surface area contributed by atoms with Crippen LogP contribution in [0.2, 0.25) is 0 Å². The molecule has 0 fully saturated rings. The number of rotatable bonds is 3. The van der Waals surface area contributed by atoms with Crippen LogP contribution in [0.4, 0.5) is 13.2 Å². The molecule has 33 heavy (non-hydrogen) atoms. The number of hydrogen-bond donors (Lipinski definition) is 0. The predicted molar refractivity (Wildman–Crippen MR) is 122 cm³/mol. The minimum Gasteiger partial charge on any atom is -0.264 e. The molecule has 0 atom stereocenters.